The van der Waals surface area contributed by atoms with E-state index < -0.39 is 0 Å². The van der Waals surface area contributed by atoms with E-state index in [0.717, 1.165) is 12.1 Å². The first kappa shape index (κ1) is 13.9. The zero-order valence-corrected chi connectivity index (χ0v) is 12.3. The second-order valence-corrected chi connectivity index (χ2v) is 6.15. The van der Waals surface area contributed by atoms with Gasteiger partial charge in [0.25, 0.3) is 0 Å². The number of benzene rings is 1. The third-order valence-electron chi connectivity index (χ3n) is 2.61. The first-order valence-electron chi connectivity index (χ1n) is 6.34. The lowest BCUT2D eigenvalue weighted by Crippen LogP contribution is -2.16. The quantitative estimate of drug-likeness (QED) is 0.840. The predicted octanol–water partition coefficient (Wildman–Crippen LogP) is 4.16. The number of hydrogen-bond acceptors (Lipinski definition) is 2. The van der Waals surface area contributed by atoms with Crippen LogP contribution in [0.5, 0.6) is 5.75 Å². The van der Waals surface area contributed by atoms with Crippen LogP contribution in [0.1, 0.15) is 26.3 Å². The Balaban J connectivity index is 2.02. The molecule has 0 radical (unpaired) electrons. The van der Waals surface area contributed by atoms with Gasteiger partial charge in [0.15, 0.2) is 10.9 Å². The summed E-state index contributed by atoms with van der Waals surface area (Å²) < 4.78 is 7.48. The summed E-state index contributed by atoms with van der Waals surface area (Å²) in [7, 11) is 0. The highest BCUT2D eigenvalue weighted by atomic mass is 35.5. The lowest BCUT2D eigenvalue weighted by atomic mass is 9.97. The molecule has 0 spiro atoms. The van der Waals surface area contributed by atoms with Gasteiger partial charge >= 0.3 is 0 Å². The van der Waals surface area contributed by atoms with Crippen molar-refractivity contribution in [3.63, 3.8) is 0 Å². The van der Waals surface area contributed by atoms with E-state index >= 15 is 0 Å². The molecule has 19 heavy (non-hydrogen) atoms. The van der Waals surface area contributed by atoms with Gasteiger partial charge in [-0.1, -0.05) is 62.7 Å². The second kappa shape index (κ2) is 5.66. The van der Waals surface area contributed by atoms with E-state index in [4.69, 9.17) is 16.3 Å². The van der Waals surface area contributed by atoms with E-state index in [1.807, 2.05) is 30.3 Å². The highest BCUT2D eigenvalue weighted by Gasteiger charge is 2.16. The third kappa shape index (κ3) is 4.00. The summed E-state index contributed by atoms with van der Waals surface area (Å²) in [5.74, 6) is 0.634. The molecule has 0 bridgehead atoms. The average molecular weight is 279 g/mol. The first-order valence-corrected chi connectivity index (χ1v) is 6.71. The van der Waals surface area contributed by atoms with Crippen molar-refractivity contribution in [1.82, 2.24) is 9.78 Å². The van der Waals surface area contributed by atoms with Gasteiger partial charge in [-0.25, -0.2) is 4.68 Å². The van der Waals surface area contributed by atoms with Crippen LogP contribution >= 0.6 is 11.6 Å². The molecule has 102 valence electrons. The van der Waals surface area contributed by atoms with Crippen molar-refractivity contribution in [1.29, 1.82) is 0 Å². The highest BCUT2D eigenvalue weighted by Crippen LogP contribution is 2.27. The number of ether oxygens (including phenoxy) is 1. The smallest absolute Gasteiger partial charge is 0.176 e. The standard InChI is InChI=1S/C15H19ClN2O/c1-15(2,3)11-18-14(16)13(9-17-18)19-10-12-7-5-4-6-8-12/h4-9H,10-11H2,1-3H3. The van der Waals surface area contributed by atoms with Crippen LogP contribution in [0.2, 0.25) is 5.15 Å². The Labute approximate surface area is 119 Å². The van der Waals surface area contributed by atoms with Crippen LogP contribution in [0.4, 0.5) is 0 Å². The van der Waals surface area contributed by atoms with E-state index in [1.165, 1.54) is 0 Å². The van der Waals surface area contributed by atoms with Gasteiger partial charge < -0.3 is 4.74 Å². The largest absolute Gasteiger partial charge is 0.484 e. The molecule has 1 aromatic heterocycles. The molecule has 0 atom stereocenters. The summed E-state index contributed by atoms with van der Waals surface area (Å²) in [6.45, 7) is 7.71. The molecular weight excluding hydrogens is 260 g/mol. The molecule has 0 aliphatic rings. The Hall–Kier alpha value is -1.48. The molecular formula is C15H19ClN2O. The summed E-state index contributed by atoms with van der Waals surface area (Å²) in [6.07, 6.45) is 1.68. The zero-order chi connectivity index (χ0) is 13.9. The van der Waals surface area contributed by atoms with Crippen molar-refractivity contribution in [2.24, 2.45) is 5.41 Å². The number of halogens is 1. The Bertz CT molecular complexity index is 529. The number of aromatic nitrogens is 2. The predicted molar refractivity (Wildman–Crippen MR) is 77.5 cm³/mol. The lowest BCUT2D eigenvalue weighted by molar-refractivity contribution is 0.302. The minimum Gasteiger partial charge on any atom is -0.484 e. The maximum Gasteiger partial charge on any atom is 0.176 e. The Kier molecular flexibility index (Phi) is 4.15. The maximum atomic E-state index is 6.27. The van der Waals surface area contributed by atoms with Gasteiger partial charge in [-0.15, -0.1) is 0 Å². The van der Waals surface area contributed by atoms with Gasteiger partial charge in [0.05, 0.1) is 6.20 Å². The van der Waals surface area contributed by atoms with Gasteiger partial charge in [0.2, 0.25) is 0 Å². The molecule has 0 saturated heterocycles. The van der Waals surface area contributed by atoms with E-state index in [-0.39, 0.29) is 5.41 Å². The van der Waals surface area contributed by atoms with Crippen molar-refractivity contribution in [3.8, 4) is 5.75 Å². The van der Waals surface area contributed by atoms with Gasteiger partial charge in [0, 0.05) is 6.54 Å². The van der Waals surface area contributed by atoms with Crippen molar-refractivity contribution in [2.45, 2.75) is 33.9 Å². The molecule has 2 aromatic rings. The van der Waals surface area contributed by atoms with Crippen LogP contribution in [0.3, 0.4) is 0 Å². The molecule has 1 aromatic carbocycles. The fraction of sp³-hybridized carbons (Fsp3) is 0.400. The molecule has 0 aliphatic heterocycles. The minimum atomic E-state index is 0.131. The topological polar surface area (TPSA) is 27.1 Å². The summed E-state index contributed by atoms with van der Waals surface area (Å²) in [4.78, 5) is 0. The van der Waals surface area contributed by atoms with Gasteiger partial charge in [-0.2, -0.15) is 5.10 Å². The second-order valence-electron chi connectivity index (χ2n) is 5.79. The average Bonchev–Trinajstić information content (AvgIpc) is 2.68. The number of hydrogen-bond donors (Lipinski definition) is 0. The van der Waals surface area contributed by atoms with Crippen LogP contribution in [0, 0.1) is 5.41 Å². The summed E-state index contributed by atoms with van der Waals surface area (Å²) >= 11 is 6.27. The van der Waals surface area contributed by atoms with Crippen molar-refractivity contribution < 1.29 is 4.74 Å². The minimum absolute atomic E-state index is 0.131. The first-order chi connectivity index (χ1) is 8.96. The Morgan fingerprint density at radius 3 is 2.53 bits per heavy atom. The van der Waals surface area contributed by atoms with Crippen molar-refractivity contribution >= 4 is 11.6 Å². The summed E-state index contributed by atoms with van der Waals surface area (Å²) in [6, 6.07) is 10.0. The fourth-order valence-electron chi connectivity index (χ4n) is 1.74. The Morgan fingerprint density at radius 2 is 1.89 bits per heavy atom. The van der Waals surface area contributed by atoms with Gasteiger partial charge in [-0.05, 0) is 11.0 Å². The van der Waals surface area contributed by atoms with Crippen molar-refractivity contribution in [2.75, 3.05) is 0 Å². The molecule has 0 saturated carbocycles. The van der Waals surface area contributed by atoms with E-state index in [2.05, 4.69) is 25.9 Å². The van der Waals surface area contributed by atoms with Crippen LogP contribution in [-0.4, -0.2) is 9.78 Å². The molecule has 0 aliphatic carbocycles. The molecule has 1 heterocycles. The van der Waals surface area contributed by atoms with Crippen molar-refractivity contribution in [3.05, 3.63) is 47.2 Å². The Morgan fingerprint density at radius 1 is 1.21 bits per heavy atom. The molecule has 4 heteroatoms. The number of rotatable bonds is 4. The normalized spacial score (nSPS) is 11.6. The molecule has 0 N–H and O–H groups in total. The van der Waals surface area contributed by atoms with Gasteiger partial charge in [-0.3, -0.25) is 0 Å². The van der Waals surface area contributed by atoms with E-state index in [1.54, 1.807) is 10.9 Å². The fourth-order valence-corrected chi connectivity index (χ4v) is 1.95. The monoisotopic (exact) mass is 278 g/mol. The van der Waals surface area contributed by atoms with Crippen LogP contribution in [-0.2, 0) is 13.2 Å². The van der Waals surface area contributed by atoms with Crippen LogP contribution in [0.15, 0.2) is 36.5 Å². The highest BCUT2D eigenvalue weighted by molar-refractivity contribution is 6.31. The lowest BCUT2D eigenvalue weighted by Gasteiger charge is -2.18. The summed E-state index contributed by atoms with van der Waals surface area (Å²) in [5.41, 5.74) is 1.24. The third-order valence-corrected chi connectivity index (χ3v) is 2.99. The number of nitrogens with zero attached hydrogens (tertiary/aromatic N) is 2. The molecule has 0 unspecified atom stereocenters. The molecule has 3 nitrogen and oxygen atoms in total. The van der Waals surface area contributed by atoms with E-state index in [0.29, 0.717) is 17.5 Å². The molecule has 0 amide bonds. The maximum absolute atomic E-state index is 6.27. The van der Waals surface area contributed by atoms with Crippen LogP contribution < -0.4 is 4.74 Å². The van der Waals surface area contributed by atoms with Gasteiger partial charge in [0.1, 0.15) is 6.61 Å². The molecule has 2 rings (SSSR count). The summed E-state index contributed by atoms with van der Waals surface area (Å²) in [5, 5.41) is 4.83. The SMILES string of the molecule is CC(C)(C)Cn1ncc(OCc2ccccc2)c1Cl. The van der Waals surface area contributed by atoms with Crippen LogP contribution in [0.25, 0.3) is 0 Å². The van der Waals surface area contributed by atoms with E-state index in [9.17, 15) is 0 Å². The zero-order valence-electron chi connectivity index (χ0n) is 11.6. The molecule has 0 fully saturated rings.